The Bertz CT molecular complexity index is 1040. The number of aromatic nitrogens is 4. The first-order valence-electron chi connectivity index (χ1n) is 9.28. The normalized spacial score (nSPS) is 15.5. The molecule has 3 heterocycles. The summed E-state index contributed by atoms with van der Waals surface area (Å²) in [4.78, 5) is 12.4. The summed E-state index contributed by atoms with van der Waals surface area (Å²) in [5.41, 5.74) is 1.14. The monoisotopic (exact) mass is 420 g/mol. The average Bonchev–Trinajstić information content (AvgIpc) is 3.16. The molecule has 0 aliphatic carbocycles. The molecular formula is C19H17F3N5O3-. The molecule has 4 rings (SSSR count). The number of carboxylic acids is 1. The van der Waals surface area contributed by atoms with Crippen LogP contribution in [0.15, 0.2) is 36.4 Å². The van der Waals surface area contributed by atoms with Crippen LogP contribution in [0.1, 0.15) is 30.1 Å². The van der Waals surface area contributed by atoms with Crippen LogP contribution < -0.4 is 14.7 Å². The summed E-state index contributed by atoms with van der Waals surface area (Å²) >= 11 is 0. The maximum Gasteiger partial charge on any atom is 0.453 e. The second-order valence-electron chi connectivity index (χ2n) is 6.97. The molecule has 0 N–H and O–H groups in total. The van der Waals surface area contributed by atoms with Gasteiger partial charge < -0.3 is 19.5 Å². The highest BCUT2D eigenvalue weighted by Crippen LogP contribution is 2.32. The van der Waals surface area contributed by atoms with E-state index in [2.05, 4.69) is 15.3 Å². The van der Waals surface area contributed by atoms with Crippen molar-refractivity contribution < 1.29 is 27.8 Å². The van der Waals surface area contributed by atoms with E-state index in [-0.39, 0.29) is 11.6 Å². The first kappa shape index (κ1) is 19.9. The van der Waals surface area contributed by atoms with E-state index in [0.29, 0.717) is 24.7 Å². The Morgan fingerprint density at radius 2 is 1.80 bits per heavy atom. The van der Waals surface area contributed by atoms with Crippen LogP contribution in [0.5, 0.6) is 5.75 Å². The topological polar surface area (TPSA) is 95.7 Å². The molecule has 1 fully saturated rings. The largest absolute Gasteiger partial charge is 0.546 e. The maximum atomic E-state index is 13.1. The van der Waals surface area contributed by atoms with Crippen molar-refractivity contribution in [1.82, 2.24) is 19.8 Å². The molecule has 0 amide bonds. The minimum Gasteiger partial charge on any atom is -0.546 e. The van der Waals surface area contributed by atoms with Crippen molar-refractivity contribution in [2.24, 2.45) is 0 Å². The molecule has 1 saturated heterocycles. The van der Waals surface area contributed by atoms with Crippen LogP contribution >= 0.6 is 0 Å². The molecule has 1 aromatic carbocycles. The second kappa shape index (κ2) is 7.81. The molecule has 0 saturated carbocycles. The first-order valence-corrected chi connectivity index (χ1v) is 9.28. The lowest BCUT2D eigenvalue weighted by molar-refractivity contribution is -0.307. The number of hydrogen-bond donors (Lipinski definition) is 0. The third-order valence-electron chi connectivity index (χ3n) is 5.03. The molecule has 11 heteroatoms. The van der Waals surface area contributed by atoms with E-state index in [1.807, 2.05) is 17.0 Å². The number of fused-ring (bicyclic) bond motifs is 1. The van der Waals surface area contributed by atoms with Crippen LogP contribution in [-0.2, 0) is 11.0 Å². The number of anilines is 1. The van der Waals surface area contributed by atoms with E-state index < -0.39 is 24.6 Å². The molecule has 0 radical (unpaired) electrons. The van der Waals surface area contributed by atoms with E-state index in [9.17, 15) is 23.1 Å². The Hall–Kier alpha value is -3.37. The summed E-state index contributed by atoms with van der Waals surface area (Å²) in [5.74, 6) is -1.26. The minimum absolute atomic E-state index is 0.0435. The average molecular weight is 420 g/mol. The van der Waals surface area contributed by atoms with Gasteiger partial charge in [-0.3, -0.25) is 0 Å². The number of carboxylic acid groups (broad SMARTS) is 1. The van der Waals surface area contributed by atoms with Gasteiger partial charge in [0.2, 0.25) is 0 Å². The fourth-order valence-electron chi connectivity index (χ4n) is 3.55. The summed E-state index contributed by atoms with van der Waals surface area (Å²) < 4.78 is 45.0. The number of halogens is 3. The zero-order chi connectivity index (χ0) is 21.3. The van der Waals surface area contributed by atoms with Gasteiger partial charge in [0.05, 0.1) is 5.97 Å². The fourth-order valence-corrected chi connectivity index (χ4v) is 3.55. The molecule has 0 atom stereocenters. The summed E-state index contributed by atoms with van der Waals surface area (Å²) in [5, 5.41) is 21.3. The molecule has 30 heavy (non-hydrogen) atoms. The quantitative estimate of drug-likeness (QED) is 0.619. The smallest absolute Gasteiger partial charge is 0.453 e. The summed E-state index contributed by atoms with van der Waals surface area (Å²) in [7, 11) is 0. The molecule has 1 aliphatic rings. The van der Waals surface area contributed by atoms with Crippen molar-refractivity contribution >= 4 is 17.4 Å². The van der Waals surface area contributed by atoms with Crippen LogP contribution in [0.2, 0.25) is 0 Å². The van der Waals surface area contributed by atoms with E-state index in [1.165, 1.54) is 6.07 Å². The zero-order valence-corrected chi connectivity index (χ0v) is 15.7. The lowest BCUT2D eigenvalue weighted by atomic mass is 9.89. The second-order valence-corrected chi connectivity index (χ2v) is 6.97. The fraction of sp³-hybridized carbons (Fsp3) is 0.368. The van der Waals surface area contributed by atoms with Crippen molar-refractivity contribution in [3.8, 4) is 5.75 Å². The highest BCUT2D eigenvalue weighted by atomic mass is 19.4. The van der Waals surface area contributed by atoms with Gasteiger partial charge in [0.15, 0.2) is 5.65 Å². The highest BCUT2D eigenvalue weighted by Gasteiger charge is 2.38. The van der Waals surface area contributed by atoms with E-state index >= 15 is 0 Å². The lowest BCUT2D eigenvalue weighted by Gasteiger charge is -2.33. The van der Waals surface area contributed by atoms with Crippen molar-refractivity contribution in [2.75, 3.05) is 24.6 Å². The molecule has 1 aliphatic heterocycles. The zero-order valence-electron chi connectivity index (χ0n) is 15.7. The number of piperidine rings is 1. The lowest BCUT2D eigenvalue weighted by Crippen LogP contribution is -2.34. The molecule has 8 nitrogen and oxygen atoms in total. The number of carbonyl (C=O) groups is 1. The Balaban J connectivity index is 1.42. The predicted molar refractivity (Wildman–Crippen MR) is 96.9 cm³/mol. The Morgan fingerprint density at radius 1 is 1.10 bits per heavy atom. The van der Waals surface area contributed by atoms with Gasteiger partial charge in [0.1, 0.15) is 18.2 Å². The van der Waals surface area contributed by atoms with Gasteiger partial charge in [-0.25, -0.2) is 0 Å². The van der Waals surface area contributed by atoms with Crippen LogP contribution in [0.25, 0.3) is 5.65 Å². The standard InChI is InChI=1S/C19H18F3N5O3/c20-19(21,22)18-24-23-15-5-6-16(25-27(15)18)26-9-7-13(8-10-26)12-1-3-14(4-2-12)30-11-17(28)29/h1-6,13H,7-11H2,(H,28,29)/p-1. The number of ether oxygens (including phenoxy) is 1. The first-order chi connectivity index (χ1) is 14.3. The Labute approximate surface area is 168 Å². The van der Waals surface area contributed by atoms with E-state index in [0.717, 1.165) is 22.9 Å². The number of alkyl halides is 3. The minimum atomic E-state index is -4.63. The molecule has 0 spiro atoms. The van der Waals surface area contributed by atoms with Crippen LogP contribution in [0.3, 0.4) is 0 Å². The number of benzene rings is 1. The van der Waals surface area contributed by atoms with Crippen molar-refractivity contribution in [2.45, 2.75) is 24.9 Å². The van der Waals surface area contributed by atoms with Crippen LogP contribution in [-0.4, -0.2) is 45.5 Å². The molecule has 2 aromatic heterocycles. The van der Waals surface area contributed by atoms with Gasteiger partial charge in [-0.05, 0) is 48.6 Å². The SMILES string of the molecule is O=C([O-])COc1ccc(C2CCN(c3ccc4nnc(C(F)(F)F)n4n3)CC2)cc1. The molecular weight excluding hydrogens is 403 g/mol. The molecule has 158 valence electrons. The summed E-state index contributed by atoms with van der Waals surface area (Å²) in [6.07, 6.45) is -3.03. The van der Waals surface area contributed by atoms with Crippen LogP contribution in [0.4, 0.5) is 19.0 Å². The number of carbonyl (C=O) groups excluding carboxylic acids is 1. The van der Waals surface area contributed by atoms with Gasteiger partial charge in [-0.1, -0.05) is 12.1 Å². The maximum absolute atomic E-state index is 13.1. The van der Waals surface area contributed by atoms with Crippen molar-refractivity contribution in [1.29, 1.82) is 0 Å². The summed E-state index contributed by atoms with van der Waals surface area (Å²) in [6, 6.07) is 10.3. The van der Waals surface area contributed by atoms with E-state index in [4.69, 9.17) is 4.74 Å². The predicted octanol–water partition coefficient (Wildman–Crippen LogP) is 1.66. The number of nitrogens with zero attached hydrogens (tertiary/aromatic N) is 5. The summed E-state index contributed by atoms with van der Waals surface area (Å²) in [6.45, 7) is 0.767. The van der Waals surface area contributed by atoms with Gasteiger partial charge in [-0.15, -0.1) is 15.3 Å². The molecule has 0 unspecified atom stereocenters. The van der Waals surface area contributed by atoms with Crippen molar-refractivity contribution in [3.05, 3.63) is 47.8 Å². The number of rotatable bonds is 5. The number of aliphatic carboxylic acids is 1. The third kappa shape index (κ3) is 4.14. The molecule has 3 aromatic rings. The van der Waals surface area contributed by atoms with Gasteiger partial charge >= 0.3 is 6.18 Å². The Kier molecular flexibility index (Phi) is 5.18. The van der Waals surface area contributed by atoms with Gasteiger partial charge in [-0.2, -0.15) is 17.7 Å². The number of hydrogen-bond acceptors (Lipinski definition) is 7. The highest BCUT2D eigenvalue weighted by molar-refractivity contribution is 5.66. The van der Waals surface area contributed by atoms with Crippen molar-refractivity contribution in [3.63, 3.8) is 0 Å². The van der Waals surface area contributed by atoms with Gasteiger partial charge in [0.25, 0.3) is 5.82 Å². The Morgan fingerprint density at radius 3 is 2.43 bits per heavy atom. The third-order valence-corrected chi connectivity index (χ3v) is 5.03. The molecule has 0 bridgehead atoms. The van der Waals surface area contributed by atoms with Crippen LogP contribution in [0, 0.1) is 0 Å². The van der Waals surface area contributed by atoms with Gasteiger partial charge in [0, 0.05) is 13.1 Å². The van der Waals surface area contributed by atoms with E-state index in [1.54, 1.807) is 18.2 Å².